The number of carbonyl (C=O) groups excluding carboxylic acids is 2. The molecule has 0 spiro atoms. The van der Waals surface area contributed by atoms with Crippen LogP contribution in [0.3, 0.4) is 0 Å². The van der Waals surface area contributed by atoms with Crippen molar-refractivity contribution in [2.75, 3.05) is 11.9 Å². The first-order chi connectivity index (χ1) is 14.1. The fourth-order valence-corrected chi connectivity index (χ4v) is 3.83. The number of carbonyl (C=O) groups is 2. The first-order valence-electron chi connectivity index (χ1n) is 9.97. The van der Waals surface area contributed by atoms with E-state index in [9.17, 15) is 9.59 Å². The predicted molar refractivity (Wildman–Crippen MR) is 115 cm³/mol. The Bertz CT molecular complexity index is 831. The summed E-state index contributed by atoms with van der Waals surface area (Å²) in [5.41, 5.74) is 1.20. The van der Waals surface area contributed by atoms with E-state index in [4.69, 9.17) is 0 Å². The number of rotatable bonds is 8. The molecular formula is C21H27N5O2S. The van der Waals surface area contributed by atoms with Gasteiger partial charge in [0, 0.05) is 12.1 Å². The Morgan fingerprint density at radius 2 is 2.10 bits per heavy atom. The van der Waals surface area contributed by atoms with Crippen molar-refractivity contribution in [2.45, 2.75) is 51.1 Å². The summed E-state index contributed by atoms with van der Waals surface area (Å²) in [5, 5.41) is 18.1. The predicted octanol–water partition coefficient (Wildman–Crippen LogP) is 2.60. The zero-order valence-electron chi connectivity index (χ0n) is 16.6. The molecule has 0 bridgehead atoms. The first kappa shape index (κ1) is 21.1. The van der Waals surface area contributed by atoms with Crippen molar-refractivity contribution in [3.05, 3.63) is 53.1 Å². The van der Waals surface area contributed by atoms with E-state index in [0.717, 1.165) is 37.2 Å². The second-order valence-corrected chi connectivity index (χ2v) is 8.30. The van der Waals surface area contributed by atoms with E-state index in [1.807, 2.05) is 25.1 Å². The summed E-state index contributed by atoms with van der Waals surface area (Å²) in [7, 11) is 0. The number of nitrogens with zero attached hydrogens (tertiary/aromatic N) is 2. The van der Waals surface area contributed by atoms with Crippen LogP contribution in [0.4, 0.5) is 5.13 Å². The summed E-state index contributed by atoms with van der Waals surface area (Å²) < 4.78 is 0. The summed E-state index contributed by atoms with van der Waals surface area (Å²) in [5.74, 6) is -0.288. The number of amides is 2. The average molecular weight is 414 g/mol. The van der Waals surface area contributed by atoms with Gasteiger partial charge in [0.2, 0.25) is 16.9 Å². The molecule has 2 amide bonds. The normalized spacial score (nSPS) is 17.8. The number of anilines is 1. The van der Waals surface area contributed by atoms with Crippen molar-refractivity contribution in [1.82, 2.24) is 20.8 Å². The smallest absolute Gasteiger partial charge is 0.249 e. The Kier molecular flexibility index (Phi) is 7.89. The Morgan fingerprint density at radius 1 is 1.28 bits per heavy atom. The van der Waals surface area contributed by atoms with Crippen molar-refractivity contribution in [2.24, 2.45) is 0 Å². The van der Waals surface area contributed by atoms with Crippen LogP contribution in [-0.4, -0.2) is 40.6 Å². The fourth-order valence-electron chi connectivity index (χ4n) is 3.24. The lowest BCUT2D eigenvalue weighted by atomic mass is 10.0. The Morgan fingerprint density at radius 3 is 2.79 bits per heavy atom. The van der Waals surface area contributed by atoms with E-state index in [1.54, 1.807) is 6.08 Å². The van der Waals surface area contributed by atoms with Crippen LogP contribution in [0.25, 0.3) is 0 Å². The highest BCUT2D eigenvalue weighted by Crippen LogP contribution is 2.14. The van der Waals surface area contributed by atoms with E-state index >= 15 is 0 Å². The van der Waals surface area contributed by atoms with Crippen molar-refractivity contribution >= 4 is 28.3 Å². The molecule has 1 aromatic carbocycles. The van der Waals surface area contributed by atoms with Gasteiger partial charge in [-0.15, -0.1) is 10.2 Å². The average Bonchev–Trinajstić information content (AvgIpc) is 3.15. The molecule has 2 atom stereocenters. The van der Waals surface area contributed by atoms with Gasteiger partial charge in [-0.1, -0.05) is 54.2 Å². The van der Waals surface area contributed by atoms with Crippen molar-refractivity contribution in [3.8, 4) is 0 Å². The molecular weight excluding hydrogens is 386 g/mol. The minimum Gasteiger partial charge on any atom is -0.349 e. The highest BCUT2D eigenvalue weighted by molar-refractivity contribution is 7.15. The lowest BCUT2D eigenvalue weighted by Gasteiger charge is -2.25. The molecule has 7 nitrogen and oxygen atoms in total. The number of hydrogen-bond donors (Lipinski definition) is 3. The maximum Gasteiger partial charge on any atom is 0.249 e. The molecule has 154 valence electrons. The van der Waals surface area contributed by atoms with Gasteiger partial charge < -0.3 is 10.6 Å². The number of hydrogen-bond acceptors (Lipinski definition) is 6. The largest absolute Gasteiger partial charge is 0.349 e. The maximum atomic E-state index is 12.6. The number of aryl methyl sites for hydroxylation is 2. The number of nitrogens with one attached hydrogen (secondary N) is 3. The summed E-state index contributed by atoms with van der Waals surface area (Å²) in [4.78, 5) is 24.8. The second kappa shape index (κ2) is 10.8. The van der Waals surface area contributed by atoms with Gasteiger partial charge in [0.1, 0.15) is 5.01 Å². The van der Waals surface area contributed by atoms with Crippen molar-refractivity contribution < 1.29 is 9.59 Å². The molecule has 3 rings (SSSR count). The second-order valence-electron chi connectivity index (χ2n) is 7.12. The quantitative estimate of drug-likeness (QED) is 0.578. The van der Waals surface area contributed by atoms with Gasteiger partial charge in [0.25, 0.3) is 0 Å². The van der Waals surface area contributed by atoms with E-state index in [2.05, 4.69) is 38.3 Å². The third kappa shape index (κ3) is 7.07. The van der Waals surface area contributed by atoms with Crippen LogP contribution in [0.15, 0.2) is 42.5 Å². The summed E-state index contributed by atoms with van der Waals surface area (Å²) in [6.07, 6.45) is 7.74. The molecule has 1 aromatic heterocycles. The van der Waals surface area contributed by atoms with Crippen LogP contribution in [0.1, 0.15) is 36.3 Å². The Hall–Kier alpha value is -2.58. The summed E-state index contributed by atoms with van der Waals surface area (Å²) >= 11 is 1.32. The molecule has 29 heavy (non-hydrogen) atoms. The van der Waals surface area contributed by atoms with E-state index in [0.29, 0.717) is 11.6 Å². The third-order valence-corrected chi connectivity index (χ3v) is 5.53. The number of benzene rings is 1. The first-order valence-corrected chi connectivity index (χ1v) is 10.8. The maximum absolute atomic E-state index is 12.6. The topological polar surface area (TPSA) is 96.0 Å². The van der Waals surface area contributed by atoms with Crippen molar-refractivity contribution in [3.63, 3.8) is 0 Å². The fraction of sp³-hybridized carbons (Fsp3) is 0.429. The van der Waals surface area contributed by atoms with Crippen molar-refractivity contribution in [1.29, 1.82) is 0 Å². The van der Waals surface area contributed by atoms with Crippen LogP contribution in [0.2, 0.25) is 0 Å². The van der Waals surface area contributed by atoms with Gasteiger partial charge in [0.05, 0.1) is 6.04 Å². The molecule has 1 aliphatic heterocycles. The van der Waals surface area contributed by atoms with Gasteiger partial charge in [-0.2, -0.15) is 0 Å². The molecule has 1 saturated heterocycles. The molecule has 0 radical (unpaired) electrons. The minimum atomic E-state index is -0.282. The van der Waals surface area contributed by atoms with E-state index < -0.39 is 0 Å². The summed E-state index contributed by atoms with van der Waals surface area (Å²) in [6, 6.07) is 9.73. The number of piperidine rings is 1. The molecule has 8 heteroatoms. The molecule has 2 unspecified atom stereocenters. The number of aromatic nitrogens is 2. The van der Waals surface area contributed by atoms with E-state index in [-0.39, 0.29) is 23.9 Å². The van der Waals surface area contributed by atoms with Crippen LogP contribution in [0, 0.1) is 6.92 Å². The Balaban J connectivity index is 1.60. The van der Waals surface area contributed by atoms with Crippen LogP contribution in [0.5, 0.6) is 0 Å². The zero-order valence-corrected chi connectivity index (χ0v) is 17.4. The monoisotopic (exact) mass is 413 g/mol. The molecule has 1 aliphatic rings. The van der Waals surface area contributed by atoms with Gasteiger partial charge in [-0.05, 0) is 44.7 Å². The highest BCUT2D eigenvalue weighted by Gasteiger charge is 2.22. The molecule has 0 aliphatic carbocycles. The summed E-state index contributed by atoms with van der Waals surface area (Å²) in [6.45, 7) is 2.70. The zero-order chi connectivity index (χ0) is 20.5. The molecule has 0 saturated carbocycles. The van der Waals surface area contributed by atoms with E-state index in [1.165, 1.54) is 23.0 Å². The van der Waals surface area contributed by atoms with Crippen LogP contribution in [-0.2, 0) is 16.0 Å². The van der Waals surface area contributed by atoms with Gasteiger partial charge in [0.15, 0.2) is 0 Å². The minimum absolute atomic E-state index is 0.00688. The van der Waals surface area contributed by atoms with Gasteiger partial charge >= 0.3 is 0 Å². The van der Waals surface area contributed by atoms with Gasteiger partial charge in [-0.25, -0.2) is 0 Å². The lowest BCUT2D eigenvalue weighted by molar-refractivity contribution is -0.124. The van der Waals surface area contributed by atoms with Crippen LogP contribution >= 0.6 is 11.3 Å². The molecule has 3 N–H and O–H groups in total. The van der Waals surface area contributed by atoms with Crippen LogP contribution < -0.4 is 16.0 Å². The molecule has 1 fully saturated rings. The lowest BCUT2D eigenvalue weighted by Crippen LogP contribution is -2.49. The third-order valence-electron chi connectivity index (χ3n) is 4.78. The molecule has 2 aromatic rings. The standard InChI is InChI=1S/C21H27N5O2S/c1-15-25-26-21(29-15)24-19(27)13-12-17(11-10-16-7-3-2-4-8-16)23-20(28)18-9-5-6-14-22-18/h2-4,7-8,12-13,17-18,22H,5-6,9-11,14H2,1H3,(H,23,28)(H,24,26,27). The molecule has 2 heterocycles. The Labute approximate surface area is 175 Å². The highest BCUT2D eigenvalue weighted by atomic mass is 32.1. The van der Waals surface area contributed by atoms with Gasteiger partial charge in [-0.3, -0.25) is 14.9 Å². The SMILES string of the molecule is Cc1nnc(NC(=O)C=CC(CCc2ccccc2)NC(=O)C2CCCCN2)s1.